The van der Waals surface area contributed by atoms with E-state index in [4.69, 9.17) is 4.74 Å². The maximum absolute atomic E-state index is 12.4. The molecule has 2 aromatic rings. The van der Waals surface area contributed by atoms with E-state index in [2.05, 4.69) is 0 Å². The highest BCUT2D eigenvalue weighted by molar-refractivity contribution is 7.89. The van der Waals surface area contributed by atoms with Crippen molar-refractivity contribution in [3.63, 3.8) is 0 Å². The van der Waals surface area contributed by atoms with E-state index in [0.29, 0.717) is 4.90 Å². The maximum atomic E-state index is 12.4. The molecule has 4 nitrogen and oxygen atoms in total. The molecule has 1 aliphatic rings. The average molecular weight is 289 g/mol. The van der Waals surface area contributed by atoms with Gasteiger partial charge in [0.1, 0.15) is 5.75 Å². The van der Waals surface area contributed by atoms with Gasteiger partial charge in [0.2, 0.25) is 10.0 Å². The lowest BCUT2D eigenvalue weighted by atomic mass is 9.99. The summed E-state index contributed by atoms with van der Waals surface area (Å²) in [5, 5.41) is 0. The van der Waals surface area contributed by atoms with Gasteiger partial charge in [-0.15, -0.1) is 0 Å². The Morgan fingerprint density at radius 2 is 1.70 bits per heavy atom. The summed E-state index contributed by atoms with van der Waals surface area (Å²) < 4.78 is 31.3. The van der Waals surface area contributed by atoms with Gasteiger partial charge in [0.25, 0.3) is 0 Å². The molecule has 1 heterocycles. The Labute approximate surface area is 118 Å². The average Bonchev–Trinajstić information content (AvgIpc) is 2.67. The zero-order valence-electron chi connectivity index (χ0n) is 11.3. The summed E-state index contributed by atoms with van der Waals surface area (Å²) in [6, 6.07) is 14.4. The summed E-state index contributed by atoms with van der Waals surface area (Å²) in [5.41, 5.74) is 1.75. The van der Waals surface area contributed by atoms with Gasteiger partial charge in [0.15, 0.2) is 0 Å². The summed E-state index contributed by atoms with van der Waals surface area (Å²) >= 11 is 0. The second-order valence-electron chi connectivity index (χ2n) is 4.73. The molecule has 5 heteroatoms. The molecule has 0 N–H and O–H groups in total. The number of benzene rings is 2. The molecule has 0 radical (unpaired) electrons. The summed E-state index contributed by atoms with van der Waals surface area (Å²) in [6.07, 6.45) is 0. The van der Waals surface area contributed by atoms with E-state index in [1.165, 1.54) is 4.31 Å². The third-order valence-electron chi connectivity index (χ3n) is 3.67. The molecule has 0 saturated carbocycles. The van der Waals surface area contributed by atoms with Gasteiger partial charge in [-0.2, -0.15) is 4.31 Å². The summed E-state index contributed by atoms with van der Waals surface area (Å²) in [6.45, 7) is 0. The van der Waals surface area contributed by atoms with Crippen molar-refractivity contribution >= 4 is 10.0 Å². The Hall–Kier alpha value is -1.85. The summed E-state index contributed by atoms with van der Waals surface area (Å²) in [4.78, 5) is 0.392. The Morgan fingerprint density at radius 3 is 2.35 bits per heavy atom. The third-order valence-corrected chi connectivity index (χ3v) is 5.56. The van der Waals surface area contributed by atoms with Crippen LogP contribution in [-0.2, 0) is 10.0 Å². The largest absolute Gasteiger partial charge is 0.497 e. The normalized spacial score (nSPS) is 20.6. The van der Waals surface area contributed by atoms with Gasteiger partial charge in [-0.3, -0.25) is 0 Å². The lowest BCUT2D eigenvalue weighted by Gasteiger charge is -2.19. The molecule has 20 heavy (non-hydrogen) atoms. The molecular formula is C15H15NO3S. The first-order valence-corrected chi connectivity index (χ1v) is 7.70. The van der Waals surface area contributed by atoms with Crippen molar-refractivity contribution in [2.75, 3.05) is 14.2 Å². The second-order valence-corrected chi connectivity index (χ2v) is 6.70. The Morgan fingerprint density at radius 1 is 1.05 bits per heavy atom. The van der Waals surface area contributed by atoms with E-state index in [9.17, 15) is 8.42 Å². The molecule has 0 amide bonds. The van der Waals surface area contributed by atoms with Gasteiger partial charge < -0.3 is 4.74 Å². The van der Waals surface area contributed by atoms with Crippen molar-refractivity contribution in [3.8, 4) is 5.75 Å². The first-order valence-electron chi connectivity index (χ1n) is 6.26. The van der Waals surface area contributed by atoms with Gasteiger partial charge in [-0.25, -0.2) is 8.42 Å². The molecule has 3 rings (SSSR count). The van der Waals surface area contributed by atoms with Gasteiger partial charge in [0, 0.05) is 7.05 Å². The monoisotopic (exact) mass is 289 g/mol. The van der Waals surface area contributed by atoms with Crippen molar-refractivity contribution < 1.29 is 13.2 Å². The van der Waals surface area contributed by atoms with Crippen LogP contribution in [0.5, 0.6) is 5.75 Å². The van der Waals surface area contributed by atoms with Crippen LogP contribution in [0, 0.1) is 0 Å². The number of methoxy groups -OCH3 is 1. The number of sulfonamides is 1. The number of hydrogen-bond donors (Lipinski definition) is 0. The minimum absolute atomic E-state index is 0.276. The lowest BCUT2D eigenvalue weighted by molar-refractivity contribution is 0.413. The van der Waals surface area contributed by atoms with Crippen molar-refractivity contribution in [3.05, 3.63) is 59.7 Å². The number of ether oxygens (including phenoxy) is 1. The van der Waals surface area contributed by atoms with Gasteiger partial charge in [0.05, 0.1) is 18.0 Å². The molecule has 0 spiro atoms. The Bertz CT molecular complexity index is 738. The van der Waals surface area contributed by atoms with Crippen LogP contribution in [-0.4, -0.2) is 26.9 Å². The summed E-state index contributed by atoms with van der Waals surface area (Å²) in [5.74, 6) is 0.755. The predicted molar refractivity (Wildman–Crippen MR) is 76.2 cm³/mol. The van der Waals surface area contributed by atoms with Crippen LogP contribution in [0.3, 0.4) is 0 Å². The molecule has 1 atom stereocenters. The van der Waals surface area contributed by atoms with Crippen molar-refractivity contribution in [2.24, 2.45) is 0 Å². The fraction of sp³-hybridized carbons (Fsp3) is 0.200. The molecule has 0 fully saturated rings. The Balaban J connectivity index is 2.14. The molecule has 1 aliphatic heterocycles. The van der Waals surface area contributed by atoms with Crippen LogP contribution in [0.1, 0.15) is 17.2 Å². The molecule has 0 saturated heterocycles. The van der Waals surface area contributed by atoms with E-state index < -0.39 is 10.0 Å². The van der Waals surface area contributed by atoms with E-state index >= 15 is 0 Å². The number of rotatable bonds is 2. The highest BCUT2D eigenvalue weighted by Gasteiger charge is 2.40. The summed E-state index contributed by atoms with van der Waals surface area (Å²) in [7, 11) is -0.172. The van der Waals surface area contributed by atoms with Crippen molar-refractivity contribution in [1.29, 1.82) is 0 Å². The lowest BCUT2D eigenvalue weighted by Crippen LogP contribution is -2.24. The van der Waals surface area contributed by atoms with E-state index in [-0.39, 0.29) is 6.04 Å². The first-order chi connectivity index (χ1) is 9.55. The van der Waals surface area contributed by atoms with Crippen LogP contribution >= 0.6 is 0 Å². The van der Waals surface area contributed by atoms with E-state index in [1.807, 2.05) is 36.4 Å². The molecule has 2 aromatic carbocycles. The van der Waals surface area contributed by atoms with E-state index in [0.717, 1.165) is 16.9 Å². The van der Waals surface area contributed by atoms with E-state index in [1.54, 1.807) is 26.3 Å². The molecule has 0 aromatic heterocycles. The smallest absolute Gasteiger partial charge is 0.244 e. The Kier molecular flexibility index (Phi) is 3.03. The number of fused-ring (bicyclic) bond motifs is 1. The van der Waals surface area contributed by atoms with Crippen LogP contribution < -0.4 is 4.74 Å². The zero-order valence-corrected chi connectivity index (χ0v) is 12.1. The van der Waals surface area contributed by atoms with Crippen molar-refractivity contribution in [2.45, 2.75) is 10.9 Å². The van der Waals surface area contributed by atoms with Crippen LogP contribution in [0.2, 0.25) is 0 Å². The molecule has 0 bridgehead atoms. The SMILES string of the molecule is COc1ccc(C2c3ccccc3S(=O)(=O)N2C)cc1. The van der Waals surface area contributed by atoms with Gasteiger partial charge in [-0.05, 0) is 29.3 Å². The minimum atomic E-state index is -3.40. The first kappa shape index (κ1) is 13.1. The third kappa shape index (κ3) is 1.82. The van der Waals surface area contributed by atoms with Crippen LogP contribution in [0.4, 0.5) is 0 Å². The quantitative estimate of drug-likeness (QED) is 0.853. The minimum Gasteiger partial charge on any atom is -0.497 e. The standard InChI is InChI=1S/C15H15NO3S/c1-16-15(11-7-9-12(19-2)10-8-11)13-5-3-4-6-14(13)20(16,17)18/h3-10,15H,1-2H3. The maximum Gasteiger partial charge on any atom is 0.244 e. The van der Waals surface area contributed by atoms with Gasteiger partial charge in [-0.1, -0.05) is 30.3 Å². The van der Waals surface area contributed by atoms with Crippen LogP contribution in [0.15, 0.2) is 53.4 Å². The highest BCUT2D eigenvalue weighted by Crippen LogP contribution is 2.42. The highest BCUT2D eigenvalue weighted by atomic mass is 32.2. The van der Waals surface area contributed by atoms with Crippen LogP contribution in [0.25, 0.3) is 0 Å². The number of nitrogens with zero attached hydrogens (tertiary/aromatic N) is 1. The molecule has 104 valence electrons. The fourth-order valence-corrected chi connectivity index (χ4v) is 4.16. The molecule has 0 aliphatic carbocycles. The predicted octanol–water partition coefficient (Wildman–Crippen LogP) is 2.42. The number of hydrogen-bond acceptors (Lipinski definition) is 3. The molecular weight excluding hydrogens is 274 g/mol. The molecule has 1 unspecified atom stereocenters. The zero-order chi connectivity index (χ0) is 14.3. The second kappa shape index (κ2) is 4.61. The van der Waals surface area contributed by atoms with Crippen molar-refractivity contribution in [1.82, 2.24) is 4.31 Å². The fourth-order valence-electron chi connectivity index (χ4n) is 2.61. The van der Waals surface area contributed by atoms with Gasteiger partial charge >= 0.3 is 0 Å². The topological polar surface area (TPSA) is 46.6 Å².